The Morgan fingerprint density at radius 2 is 1.91 bits per heavy atom. The molecular formula is C17H12ClNO3. The lowest BCUT2D eigenvalue weighted by Crippen LogP contribution is -2.22. The summed E-state index contributed by atoms with van der Waals surface area (Å²) in [6, 6.07) is 13.8. The van der Waals surface area contributed by atoms with Crippen LogP contribution in [0.3, 0.4) is 0 Å². The lowest BCUT2D eigenvalue weighted by atomic mass is 10.1. The van der Waals surface area contributed by atoms with Gasteiger partial charge in [0.15, 0.2) is 5.76 Å². The van der Waals surface area contributed by atoms with E-state index in [0.717, 1.165) is 17.2 Å². The molecular weight excluding hydrogens is 302 g/mol. The van der Waals surface area contributed by atoms with Gasteiger partial charge in [-0.3, -0.25) is 9.59 Å². The predicted molar refractivity (Wildman–Crippen MR) is 84.2 cm³/mol. The Hall–Kier alpha value is -2.59. The van der Waals surface area contributed by atoms with E-state index in [1.54, 1.807) is 48.5 Å². The Morgan fingerprint density at radius 3 is 2.64 bits per heavy atom. The molecule has 110 valence electrons. The van der Waals surface area contributed by atoms with Gasteiger partial charge >= 0.3 is 0 Å². The molecule has 3 aromatic rings. The Kier molecular flexibility index (Phi) is 3.94. The van der Waals surface area contributed by atoms with Gasteiger partial charge < -0.3 is 9.73 Å². The average Bonchev–Trinajstić information content (AvgIpc) is 2.96. The zero-order valence-electron chi connectivity index (χ0n) is 11.5. The maximum Gasteiger partial charge on any atom is 0.287 e. The number of hydrogen-bond acceptors (Lipinski definition) is 3. The summed E-state index contributed by atoms with van der Waals surface area (Å²) in [5, 5.41) is 4.15. The lowest BCUT2D eigenvalue weighted by Gasteiger charge is -2.03. The van der Waals surface area contributed by atoms with Crippen LogP contribution >= 0.6 is 11.6 Å². The molecule has 0 spiro atoms. The largest absolute Gasteiger partial charge is 0.451 e. The SMILES string of the molecule is O=Cc1ccc(CNC(=O)c2cc3cc(Cl)ccc3o2)cc1. The van der Waals surface area contributed by atoms with E-state index in [0.29, 0.717) is 22.7 Å². The van der Waals surface area contributed by atoms with Crippen molar-refractivity contribution in [3.8, 4) is 0 Å². The second-order valence-corrected chi connectivity index (χ2v) is 5.27. The molecule has 0 aliphatic rings. The van der Waals surface area contributed by atoms with Crippen molar-refractivity contribution < 1.29 is 14.0 Å². The van der Waals surface area contributed by atoms with Crippen LogP contribution in [-0.4, -0.2) is 12.2 Å². The Bertz CT molecular complexity index is 837. The van der Waals surface area contributed by atoms with E-state index < -0.39 is 0 Å². The summed E-state index contributed by atoms with van der Waals surface area (Å²) in [6.07, 6.45) is 0.780. The maximum absolute atomic E-state index is 12.1. The molecule has 0 saturated carbocycles. The molecule has 1 heterocycles. The van der Waals surface area contributed by atoms with Crippen molar-refractivity contribution in [2.45, 2.75) is 6.54 Å². The smallest absolute Gasteiger partial charge is 0.287 e. The second kappa shape index (κ2) is 6.03. The molecule has 0 atom stereocenters. The first kappa shape index (κ1) is 14.4. The second-order valence-electron chi connectivity index (χ2n) is 4.83. The zero-order chi connectivity index (χ0) is 15.5. The molecule has 0 aliphatic heterocycles. The number of carbonyl (C=O) groups excluding carboxylic acids is 2. The molecule has 2 aromatic carbocycles. The average molecular weight is 314 g/mol. The maximum atomic E-state index is 12.1. The number of aldehydes is 1. The summed E-state index contributed by atoms with van der Waals surface area (Å²) in [5.74, 6) is -0.0615. The zero-order valence-corrected chi connectivity index (χ0v) is 12.3. The number of fused-ring (bicyclic) bond motifs is 1. The molecule has 0 fully saturated rings. The van der Waals surface area contributed by atoms with E-state index in [1.807, 2.05) is 0 Å². The molecule has 0 bridgehead atoms. The fourth-order valence-corrected chi connectivity index (χ4v) is 2.29. The number of carbonyl (C=O) groups is 2. The summed E-state index contributed by atoms with van der Waals surface area (Å²) < 4.78 is 5.49. The summed E-state index contributed by atoms with van der Waals surface area (Å²) in [7, 11) is 0. The van der Waals surface area contributed by atoms with Crippen molar-refractivity contribution in [3.05, 3.63) is 70.4 Å². The molecule has 1 N–H and O–H groups in total. The number of benzene rings is 2. The van der Waals surface area contributed by atoms with Crippen molar-refractivity contribution in [2.24, 2.45) is 0 Å². The summed E-state index contributed by atoms with van der Waals surface area (Å²) >= 11 is 5.91. The fraction of sp³-hybridized carbons (Fsp3) is 0.0588. The minimum absolute atomic E-state index is 0.238. The molecule has 0 aliphatic carbocycles. The van der Waals surface area contributed by atoms with Crippen LogP contribution in [0.2, 0.25) is 5.02 Å². The van der Waals surface area contributed by atoms with Crippen molar-refractivity contribution >= 4 is 34.8 Å². The number of amides is 1. The molecule has 1 aromatic heterocycles. The third kappa shape index (κ3) is 3.02. The molecule has 1 amide bonds. The molecule has 0 radical (unpaired) electrons. The van der Waals surface area contributed by atoms with Crippen molar-refractivity contribution in [2.75, 3.05) is 0 Å². The van der Waals surface area contributed by atoms with E-state index in [9.17, 15) is 9.59 Å². The van der Waals surface area contributed by atoms with Crippen LogP contribution in [0.1, 0.15) is 26.5 Å². The van der Waals surface area contributed by atoms with Gasteiger partial charge in [-0.25, -0.2) is 0 Å². The van der Waals surface area contributed by atoms with E-state index >= 15 is 0 Å². The van der Waals surface area contributed by atoms with Crippen LogP contribution in [-0.2, 0) is 6.54 Å². The van der Waals surface area contributed by atoms with Gasteiger partial charge in [0.25, 0.3) is 5.91 Å². The van der Waals surface area contributed by atoms with E-state index in [2.05, 4.69) is 5.32 Å². The van der Waals surface area contributed by atoms with Crippen molar-refractivity contribution in [1.82, 2.24) is 5.32 Å². The van der Waals surface area contributed by atoms with Gasteiger partial charge in [-0.1, -0.05) is 35.9 Å². The number of rotatable bonds is 4. The fourth-order valence-electron chi connectivity index (χ4n) is 2.11. The predicted octanol–water partition coefficient (Wildman–Crippen LogP) is 3.83. The minimum Gasteiger partial charge on any atom is -0.451 e. The van der Waals surface area contributed by atoms with E-state index in [4.69, 9.17) is 16.0 Å². The third-order valence-corrected chi connectivity index (χ3v) is 3.51. The first-order valence-electron chi connectivity index (χ1n) is 6.67. The van der Waals surface area contributed by atoms with Crippen molar-refractivity contribution in [3.63, 3.8) is 0 Å². The highest BCUT2D eigenvalue weighted by Crippen LogP contribution is 2.23. The highest BCUT2D eigenvalue weighted by atomic mass is 35.5. The van der Waals surface area contributed by atoms with Gasteiger partial charge in [0.05, 0.1) is 0 Å². The highest BCUT2D eigenvalue weighted by molar-refractivity contribution is 6.31. The summed E-state index contributed by atoms with van der Waals surface area (Å²) in [4.78, 5) is 22.7. The molecule has 0 unspecified atom stereocenters. The minimum atomic E-state index is -0.299. The normalized spacial score (nSPS) is 10.6. The summed E-state index contributed by atoms with van der Waals surface area (Å²) in [6.45, 7) is 0.357. The number of hydrogen-bond donors (Lipinski definition) is 1. The molecule has 0 saturated heterocycles. The third-order valence-electron chi connectivity index (χ3n) is 3.27. The van der Waals surface area contributed by atoms with Gasteiger partial charge in [0.1, 0.15) is 11.9 Å². The van der Waals surface area contributed by atoms with Crippen LogP contribution in [0, 0.1) is 0 Å². The van der Waals surface area contributed by atoms with Crippen molar-refractivity contribution in [1.29, 1.82) is 0 Å². The van der Waals surface area contributed by atoms with Crippen LogP contribution in [0.15, 0.2) is 52.9 Å². The quantitative estimate of drug-likeness (QED) is 0.745. The molecule has 5 heteroatoms. The van der Waals surface area contributed by atoms with Gasteiger partial charge in [0.2, 0.25) is 0 Å². The topological polar surface area (TPSA) is 59.3 Å². The molecule has 4 nitrogen and oxygen atoms in total. The van der Waals surface area contributed by atoms with Crippen LogP contribution in [0.4, 0.5) is 0 Å². The molecule has 22 heavy (non-hydrogen) atoms. The standard InChI is InChI=1S/C17H12ClNO3/c18-14-5-6-15-13(7-14)8-16(22-15)17(21)19-9-11-1-3-12(10-20)4-2-11/h1-8,10H,9H2,(H,19,21). The van der Waals surface area contributed by atoms with Crippen LogP contribution in [0.5, 0.6) is 0 Å². The summed E-state index contributed by atoms with van der Waals surface area (Å²) in [5.41, 5.74) is 2.12. The first-order chi connectivity index (χ1) is 10.7. The Balaban J connectivity index is 1.71. The number of halogens is 1. The Labute approximate surface area is 131 Å². The monoisotopic (exact) mass is 313 g/mol. The van der Waals surface area contributed by atoms with Crippen LogP contribution in [0.25, 0.3) is 11.0 Å². The number of nitrogens with one attached hydrogen (secondary N) is 1. The molecule has 3 rings (SSSR count). The Morgan fingerprint density at radius 1 is 1.14 bits per heavy atom. The van der Waals surface area contributed by atoms with E-state index in [-0.39, 0.29) is 11.7 Å². The van der Waals surface area contributed by atoms with Gasteiger partial charge in [-0.05, 0) is 29.8 Å². The number of furan rings is 1. The van der Waals surface area contributed by atoms with Gasteiger partial charge in [0, 0.05) is 22.5 Å². The highest BCUT2D eigenvalue weighted by Gasteiger charge is 2.12. The van der Waals surface area contributed by atoms with Crippen LogP contribution < -0.4 is 5.32 Å². The van der Waals surface area contributed by atoms with E-state index in [1.165, 1.54) is 0 Å². The lowest BCUT2D eigenvalue weighted by molar-refractivity contribution is 0.0925. The first-order valence-corrected chi connectivity index (χ1v) is 7.05. The van der Waals surface area contributed by atoms with Gasteiger partial charge in [-0.2, -0.15) is 0 Å². The van der Waals surface area contributed by atoms with Gasteiger partial charge in [-0.15, -0.1) is 0 Å².